The van der Waals surface area contributed by atoms with Crippen molar-refractivity contribution in [3.05, 3.63) is 24.3 Å². The Labute approximate surface area is 178 Å². The largest absolute Gasteiger partial charge is 0.495 e. The number of carbonyl (C=O) groups excluding carboxylic acids is 3. The summed E-state index contributed by atoms with van der Waals surface area (Å²) in [5.74, 6) is -0.160. The molecule has 1 saturated carbocycles. The van der Waals surface area contributed by atoms with E-state index in [4.69, 9.17) is 4.74 Å². The summed E-state index contributed by atoms with van der Waals surface area (Å²) in [6.45, 7) is -0.301. The van der Waals surface area contributed by atoms with E-state index in [9.17, 15) is 14.4 Å². The molecule has 0 bridgehead atoms. The van der Waals surface area contributed by atoms with Crippen LogP contribution in [0.5, 0.6) is 5.75 Å². The van der Waals surface area contributed by atoms with Crippen molar-refractivity contribution in [3.8, 4) is 5.75 Å². The number of nitrogens with one attached hydrogen (secondary N) is 2. The number of nitrogens with zero attached hydrogens (tertiary/aromatic N) is 1. The molecule has 1 heterocycles. The number of para-hydroxylation sites is 2. The fourth-order valence-corrected chi connectivity index (χ4v) is 4.46. The lowest BCUT2D eigenvalue weighted by Crippen LogP contribution is -2.47. The van der Waals surface area contributed by atoms with Crippen LogP contribution in [0.2, 0.25) is 0 Å². The predicted molar refractivity (Wildman–Crippen MR) is 115 cm³/mol. The summed E-state index contributed by atoms with van der Waals surface area (Å²) in [6.07, 6.45) is 11.3. The Balaban J connectivity index is 1.66. The number of rotatable bonds is 4. The second kappa shape index (κ2) is 10.5. The molecule has 2 N–H and O–H groups in total. The molecule has 0 radical (unpaired) electrons. The van der Waals surface area contributed by atoms with Gasteiger partial charge in [0.05, 0.1) is 12.8 Å². The molecular weight excluding hydrogens is 382 g/mol. The molecule has 7 nitrogen and oxygen atoms in total. The highest BCUT2D eigenvalue weighted by Gasteiger charge is 2.50. The average molecular weight is 416 g/mol. The average Bonchev–Trinajstić information content (AvgIpc) is 2.95. The molecular formula is C23H33N3O4. The highest BCUT2D eigenvalue weighted by Crippen LogP contribution is 2.31. The SMILES string of the molecule is COc1ccccc1NC(=O)CN1C(=O)NC2(CCCCCCCCCCC2)C1=O. The molecule has 7 heteroatoms. The van der Waals surface area contributed by atoms with E-state index in [2.05, 4.69) is 10.6 Å². The van der Waals surface area contributed by atoms with Crippen LogP contribution in [0.3, 0.4) is 0 Å². The predicted octanol–water partition coefficient (Wildman–Crippen LogP) is 4.23. The Kier molecular flexibility index (Phi) is 7.71. The number of benzene rings is 1. The maximum absolute atomic E-state index is 13.3. The van der Waals surface area contributed by atoms with E-state index >= 15 is 0 Å². The molecule has 1 aliphatic carbocycles. The number of amides is 4. The zero-order chi connectivity index (χ0) is 21.4. The number of anilines is 1. The third-order valence-electron chi connectivity index (χ3n) is 6.14. The lowest BCUT2D eigenvalue weighted by molar-refractivity contribution is -0.134. The first-order valence-corrected chi connectivity index (χ1v) is 11.1. The minimum absolute atomic E-state index is 0.264. The van der Waals surface area contributed by atoms with Crippen molar-refractivity contribution >= 4 is 23.5 Å². The molecule has 1 saturated heterocycles. The Morgan fingerprint density at radius 3 is 2.17 bits per heavy atom. The molecule has 164 valence electrons. The van der Waals surface area contributed by atoms with Crippen molar-refractivity contribution in [2.75, 3.05) is 19.0 Å². The van der Waals surface area contributed by atoms with Gasteiger partial charge in [-0.2, -0.15) is 0 Å². The smallest absolute Gasteiger partial charge is 0.325 e. The molecule has 1 aromatic carbocycles. The van der Waals surface area contributed by atoms with Gasteiger partial charge < -0.3 is 15.4 Å². The summed E-state index contributed by atoms with van der Waals surface area (Å²) in [6, 6.07) is 6.58. The van der Waals surface area contributed by atoms with Crippen molar-refractivity contribution in [2.24, 2.45) is 0 Å². The molecule has 30 heavy (non-hydrogen) atoms. The van der Waals surface area contributed by atoms with Gasteiger partial charge >= 0.3 is 6.03 Å². The van der Waals surface area contributed by atoms with Crippen molar-refractivity contribution in [1.82, 2.24) is 10.2 Å². The third-order valence-corrected chi connectivity index (χ3v) is 6.14. The molecule has 0 aromatic heterocycles. The Bertz CT molecular complexity index is 753. The molecule has 1 aromatic rings. The standard InChI is InChI=1S/C23H33N3O4/c1-30-19-14-10-9-13-18(19)24-20(27)17-26-21(28)23(25-22(26)29)15-11-7-5-3-2-4-6-8-12-16-23/h9-10,13-14H,2-8,11-12,15-17H2,1H3,(H,24,27)(H,25,29). The monoisotopic (exact) mass is 415 g/mol. The zero-order valence-corrected chi connectivity index (χ0v) is 17.9. The van der Waals surface area contributed by atoms with Gasteiger partial charge in [0, 0.05) is 0 Å². The van der Waals surface area contributed by atoms with Gasteiger partial charge in [0.25, 0.3) is 5.91 Å². The molecule has 2 aliphatic rings. The highest BCUT2D eigenvalue weighted by atomic mass is 16.5. The third kappa shape index (κ3) is 5.32. The number of ether oxygens (including phenoxy) is 1. The van der Waals surface area contributed by atoms with E-state index < -0.39 is 17.5 Å². The number of methoxy groups -OCH3 is 1. The number of hydrogen-bond donors (Lipinski definition) is 2. The van der Waals surface area contributed by atoms with E-state index in [1.165, 1.54) is 39.2 Å². The first kappa shape index (κ1) is 22.1. The van der Waals surface area contributed by atoms with Gasteiger partial charge in [-0.05, 0) is 25.0 Å². The molecule has 1 spiro atoms. The minimum Gasteiger partial charge on any atom is -0.495 e. The number of imide groups is 1. The van der Waals surface area contributed by atoms with E-state index in [0.29, 0.717) is 24.3 Å². The van der Waals surface area contributed by atoms with Gasteiger partial charge in [0.2, 0.25) is 5.91 Å². The lowest BCUT2D eigenvalue weighted by atomic mass is 9.85. The van der Waals surface area contributed by atoms with Crippen LogP contribution >= 0.6 is 0 Å². The van der Waals surface area contributed by atoms with Crippen LogP contribution in [0.15, 0.2) is 24.3 Å². The Morgan fingerprint density at radius 2 is 1.57 bits per heavy atom. The first-order valence-electron chi connectivity index (χ1n) is 11.1. The molecule has 1 aliphatic heterocycles. The van der Waals surface area contributed by atoms with Crippen LogP contribution in [0, 0.1) is 0 Å². The first-order chi connectivity index (χ1) is 14.6. The van der Waals surface area contributed by atoms with Crippen molar-refractivity contribution < 1.29 is 19.1 Å². The van der Waals surface area contributed by atoms with Crippen LogP contribution < -0.4 is 15.4 Å². The molecule has 2 fully saturated rings. The zero-order valence-electron chi connectivity index (χ0n) is 17.9. The number of carbonyl (C=O) groups is 3. The number of hydrogen-bond acceptors (Lipinski definition) is 4. The second-order valence-corrected chi connectivity index (χ2v) is 8.33. The second-order valence-electron chi connectivity index (χ2n) is 8.33. The van der Waals surface area contributed by atoms with E-state index in [1.807, 2.05) is 0 Å². The summed E-state index contributed by atoms with van der Waals surface area (Å²) in [5, 5.41) is 5.68. The van der Waals surface area contributed by atoms with Crippen molar-refractivity contribution in [3.63, 3.8) is 0 Å². The topological polar surface area (TPSA) is 87.7 Å². The van der Waals surface area contributed by atoms with E-state index in [0.717, 1.165) is 30.6 Å². The molecule has 4 amide bonds. The maximum atomic E-state index is 13.3. The summed E-state index contributed by atoms with van der Waals surface area (Å²) >= 11 is 0. The van der Waals surface area contributed by atoms with Gasteiger partial charge in [-0.15, -0.1) is 0 Å². The summed E-state index contributed by atoms with van der Waals surface area (Å²) in [5.41, 5.74) is -0.348. The van der Waals surface area contributed by atoms with Gasteiger partial charge in [0.1, 0.15) is 17.8 Å². The summed E-state index contributed by atoms with van der Waals surface area (Å²) in [4.78, 5) is 39.5. The Hall–Kier alpha value is -2.57. The molecule has 3 rings (SSSR count). The van der Waals surface area contributed by atoms with Gasteiger partial charge in [-0.3, -0.25) is 14.5 Å². The van der Waals surface area contributed by atoms with Crippen molar-refractivity contribution in [2.45, 2.75) is 76.2 Å². The van der Waals surface area contributed by atoms with Crippen LogP contribution in [-0.4, -0.2) is 41.9 Å². The minimum atomic E-state index is -0.860. The number of urea groups is 1. The van der Waals surface area contributed by atoms with Crippen LogP contribution in [0.1, 0.15) is 70.6 Å². The Morgan fingerprint density at radius 1 is 1.00 bits per heavy atom. The van der Waals surface area contributed by atoms with E-state index in [-0.39, 0.29) is 12.5 Å². The maximum Gasteiger partial charge on any atom is 0.325 e. The molecule has 0 atom stereocenters. The summed E-state index contributed by atoms with van der Waals surface area (Å²) in [7, 11) is 1.52. The van der Waals surface area contributed by atoms with Crippen LogP contribution in [0.25, 0.3) is 0 Å². The highest BCUT2D eigenvalue weighted by molar-refractivity contribution is 6.10. The lowest BCUT2D eigenvalue weighted by Gasteiger charge is -2.27. The summed E-state index contributed by atoms with van der Waals surface area (Å²) < 4.78 is 5.24. The fraction of sp³-hybridized carbons (Fsp3) is 0.609. The van der Waals surface area contributed by atoms with Gasteiger partial charge in [-0.25, -0.2) is 4.79 Å². The van der Waals surface area contributed by atoms with E-state index in [1.54, 1.807) is 24.3 Å². The molecule has 0 unspecified atom stereocenters. The quantitative estimate of drug-likeness (QED) is 0.721. The van der Waals surface area contributed by atoms with Gasteiger partial charge in [-0.1, -0.05) is 69.9 Å². The van der Waals surface area contributed by atoms with Gasteiger partial charge in [0.15, 0.2) is 0 Å². The van der Waals surface area contributed by atoms with Crippen LogP contribution in [-0.2, 0) is 9.59 Å². The van der Waals surface area contributed by atoms with Crippen molar-refractivity contribution in [1.29, 1.82) is 0 Å². The normalized spacial score (nSPS) is 20.2. The van der Waals surface area contributed by atoms with Crippen LogP contribution in [0.4, 0.5) is 10.5 Å². The fourth-order valence-electron chi connectivity index (χ4n) is 4.46.